The van der Waals surface area contributed by atoms with Crippen LogP contribution in [0.15, 0.2) is 103 Å². The van der Waals surface area contributed by atoms with E-state index in [9.17, 15) is 0 Å². The second-order valence-electron chi connectivity index (χ2n) is 7.90. The molecule has 0 saturated heterocycles. The van der Waals surface area contributed by atoms with Gasteiger partial charge in [-0.1, -0.05) is 66.1 Å². The molecule has 0 spiro atoms. The number of hydrogen-bond acceptors (Lipinski definition) is 2. The Hall–Kier alpha value is -3.46. The zero-order chi connectivity index (χ0) is 20.5. The molecule has 1 radical (unpaired) electrons. The van der Waals surface area contributed by atoms with Crippen molar-refractivity contribution in [3.63, 3.8) is 0 Å². The van der Waals surface area contributed by atoms with Crippen molar-refractivity contribution in [1.82, 2.24) is 0 Å². The van der Waals surface area contributed by atoms with Crippen molar-refractivity contribution in [1.29, 1.82) is 0 Å². The first kappa shape index (κ1) is 18.6. The lowest BCUT2D eigenvalue weighted by molar-refractivity contribution is 0.863. The Balaban J connectivity index is 1.70. The van der Waals surface area contributed by atoms with E-state index in [4.69, 9.17) is 0 Å². The van der Waals surface area contributed by atoms with Gasteiger partial charge < -0.3 is 9.80 Å². The zero-order valence-electron chi connectivity index (χ0n) is 17.4. The number of fused-ring (bicyclic) bond motifs is 1. The van der Waals surface area contributed by atoms with Gasteiger partial charge in [-0.3, -0.25) is 0 Å². The number of para-hydroxylation sites is 3. The first-order chi connectivity index (χ1) is 14.7. The van der Waals surface area contributed by atoms with Crippen molar-refractivity contribution >= 4 is 35.5 Å². The molecule has 0 bridgehead atoms. The molecular formula is C27H24BN2. The summed E-state index contributed by atoms with van der Waals surface area (Å²) in [5.41, 5.74) is 8.61. The largest absolute Gasteiger partial charge is 0.328 e. The molecule has 30 heavy (non-hydrogen) atoms. The van der Waals surface area contributed by atoms with Gasteiger partial charge >= 0.3 is 0 Å². The summed E-state index contributed by atoms with van der Waals surface area (Å²) >= 11 is 0. The number of hydrogen-bond donors (Lipinski definition) is 0. The van der Waals surface area contributed by atoms with Crippen LogP contribution < -0.4 is 15.3 Å². The standard InChI is InChI=1S/C27H24BN2/c1-20-17-21(2)19-24(18-20)29(22-11-5-3-6-12-22)27-28-25-15-9-10-16-26(25)30(27)23-13-7-4-8-14-23/h3-19,27H,1-2H3. The number of aryl methyl sites for hydroxylation is 2. The highest BCUT2D eigenvalue weighted by atomic mass is 15.4. The summed E-state index contributed by atoms with van der Waals surface area (Å²) < 4.78 is 0. The minimum Gasteiger partial charge on any atom is -0.328 e. The van der Waals surface area contributed by atoms with Gasteiger partial charge in [0.25, 0.3) is 0 Å². The Labute approximate surface area is 179 Å². The van der Waals surface area contributed by atoms with Gasteiger partial charge in [0.05, 0.1) is 6.07 Å². The maximum Gasteiger partial charge on any atom is 0.212 e. The summed E-state index contributed by atoms with van der Waals surface area (Å²) in [4.78, 5) is 4.87. The van der Waals surface area contributed by atoms with Crippen molar-refractivity contribution in [3.8, 4) is 0 Å². The van der Waals surface area contributed by atoms with E-state index in [-0.39, 0.29) is 6.07 Å². The lowest BCUT2D eigenvalue weighted by Gasteiger charge is -2.39. The van der Waals surface area contributed by atoms with Crippen LogP contribution in [0.1, 0.15) is 11.1 Å². The highest BCUT2D eigenvalue weighted by molar-refractivity contribution is 6.61. The second kappa shape index (κ2) is 7.76. The average Bonchev–Trinajstić information content (AvgIpc) is 3.13. The van der Waals surface area contributed by atoms with Crippen LogP contribution in [0.2, 0.25) is 0 Å². The van der Waals surface area contributed by atoms with Gasteiger partial charge in [-0.15, -0.1) is 0 Å². The highest BCUT2D eigenvalue weighted by Crippen LogP contribution is 2.38. The Kier molecular flexibility index (Phi) is 4.80. The van der Waals surface area contributed by atoms with Gasteiger partial charge in [0.1, 0.15) is 0 Å². The molecule has 0 aromatic heterocycles. The minimum absolute atomic E-state index is 0.0356. The smallest absolute Gasteiger partial charge is 0.212 e. The number of benzene rings is 4. The summed E-state index contributed by atoms with van der Waals surface area (Å²) in [5.74, 6) is 0. The van der Waals surface area contributed by atoms with Crippen LogP contribution in [-0.2, 0) is 0 Å². The first-order valence-electron chi connectivity index (χ1n) is 10.4. The van der Waals surface area contributed by atoms with Gasteiger partial charge in [-0.2, -0.15) is 0 Å². The predicted molar refractivity (Wildman–Crippen MR) is 129 cm³/mol. The van der Waals surface area contributed by atoms with Crippen LogP contribution in [0, 0.1) is 13.8 Å². The molecule has 5 rings (SSSR count). The van der Waals surface area contributed by atoms with Gasteiger partial charge in [-0.05, 0) is 67.4 Å². The molecular weight excluding hydrogens is 363 g/mol. The van der Waals surface area contributed by atoms with E-state index in [2.05, 4.69) is 134 Å². The van der Waals surface area contributed by atoms with Crippen LogP contribution in [-0.4, -0.2) is 13.3 Å². The van der Waals surface area contributed by atoms with E-state index in [0.717, 1.165) is 0 Å². The Morgan fingerprint density at radius 3 is 1.97 bits per heavy atom. The van der Waals surface area contributed by atoms with E-state index in [1.54, 1.807) is 0 Å². The molecule has 0 saturated carbocycles. The number of anilines is 4. The molecule has 3 heteroatoms. The fourth-order valence-corrected chi connectivity index (χ4v) is 4.43. The molecule has 1 atom stereocenters. The Morgan fingerprint density at radius 1 is 0.667 bits per heavy atom. The second-order valence-corrected chi connectivity index (χ2v) is 7.90. The molecule has 0 fully saturated rings. The van der Waals surface area contributed by atoms with Crippen LogP contribution in [0.4, 0.5) is 22.7 Å². The fourth-order valence-electron chi connectivity index (χ4n) is 4.43. The normalized spacial score (nSPS) is 14.9. The van der Waals surface area contributed by atoms with E-state index in [1.165, 1.54) is 39.3 Å². The maximum absolute atomic E-state index is 2.44. The van der Waals surface area contributed by atoms with Crippen LogP contribution in [0.5, 0.6) is 0 Å². The summed E-state index contributed by atoms with van der Waals surface area (Å²) in [5, 5.41) is 0. The van der Waals surface area contributed by atoms with E-state index in [1.807, 2.05) is 0 Å². The van der Waals surface area contributed by atoms with Crippen LogP contribution in [0.3, 0.4) is 0 Å². The average molecular weight is 387 g/mol. The summed E-state index contributed by atoms with van der Waals surface area (Å²) in [6, 6.07) is 36.8. The van der Waals surface area contributed by atoms with Crippen molar-refractivity contribution in [3.05, 3.63) is 114 Å². The molecule has 2 nitrogen and oxygen atoms in total. The zero-order valence-corrected chi connectivity index (χ0v) is 17.4. The number of rotatable bonds is 4. The highest BCUT2D eigenvalue weighted by Gasteiger charge is 2.36. The minimum atomic E-state index is 0.0356. The molecule has 1 heterocycles. The van der Waals surface area contributed by atoms with Gasteiger partial charge in [0.2, 0.25) is 7.28 Å². The third-order valence-electron chi connectivity index (χ3n) is 5.61. The van der Waals surface area contributed by atoms with E-state index >= 15 is 0 Å². The third-order valence-corrected chi connectivity index (χ3v) is 5.61. The molecule has 1 aliphatic heterocycles. The van der Waals surface area contributed by atoms with Gasteiger partial charge in [-0.25, -0.2) is 0 Å². The van der Waals surface area contributed by atoms with Crippen LogP contribution >= 0.6 is 0 Å². The molecule has 0 amide bonds. The summed E-state index contributed by atoms with van der Waals surface area (Å²) in [7, 11) is 2.37. The molecule has 145 valence electrons. The lowest BCUT2D eigenvalue weighted by Crippen LogP contribution is -2.45. The summed E-state index contributed by atoms with van der Waals surface area (Å²) in [6.07, 6.45) is 0. The molecule has 1 aliphatic rings. The predicted octanol–water partition coefficient (Wildman–Crippen LogP) is 5.91. The van der Waals surface area contributed by atoms with Crippen molar-refractivity contribution in [2.75, 3.05) is 9.80 Å². The topological polar surface area (TPSA) is 6.48 Å². The van der Waals surface area contributed by atoms with E-state index in [0.29, 0.717) is 0 Å². The monoisotopic (exact) mass is 387 g/mol. The van der Waals surface area contributed by atoms with E-state index < -0.39 is 0 Å². The molecule has 4 aromatic rings. The van der Waals surface area contributed by atoms with Crippen molar-refractivity contribution < 1.29 is 0 Å². The SMILES string of the molecule is Cc1cc(C)cc(N(c2ccccc2)C2[B]c3ccccc3N2c2ccccc2)c1. The fraction of sp³-hybridized carbons (Fsp3) is 0.111. The maximum atomic E-state index is 2.44. The van der Waals surface area contributed by atoms with Gasteiger partial charge in [0, 0.05) is 22.7 Å². The number of nitrogens with zero attached hydrogens (tertiary/aromatic N) is 2. The van der Waals surface area contributed by atoms with Crippen LogP contribution in [0.25, 0.3) is 0 Å². The summed E-state index contributed by atoms with van der Waals surface area (Å²) in [6.45, 7) is 4.34. The molecule has 0 N–H and O–H groups in total. The van der Waals surface area contributed by atoms with Crippen molar-refractivity contribution in [2.24, 2.45) is 0 Å². The first-order valence-corrected chi connectivity index (χ1v) is 10.4. The lowest BCUT2D eigenvalue weighted by atomic mass is 9.68. The molecule has 1 unspecified atom stereocenters. The quantitative estimate of drug-likeness (QED) is 0.402. The Morgan fingerprint density at radius 2 is 1.27 bits per heavy atom. The van der Waals surface area contributed by atoms with Gasteiger partial charge in [0.15, 0.2) is 0 Å². The third kappa shape index (κ3) is 3.37. The molecule has 0 aliphatic carbocycles. The Bertz CT molecular complexity index is 1140. The molecule has 4 aromatic carbocycles. The van der Waals surface area contributed by atoms with Crippen molar-refractivity contribution in [2.45, 2.75) is 19.9 Å².